The topological polar surface area (TPSA) is 40.5 Å². The molecule has 2 unspecified atom stereocenters. The number of thiophene rings is 1. The van der Waals surface area contributed by atoms with E-state index in [0.717, 1.165) is 10.4 Å². The van der Waals surface area contributed by atoms with Gasteiger partial charge in [-0.2, -0.15) is 0 Å². The zero-order chi connectivity index (χ0) is 9.14. The molecule has 2 nitrogen and oxygen atoms in total. The Morgan fingerprint density at radius 3 is 2.67 bits per heavy atom. The normalized spacial score (nSPS) is 16.0. The molecule has 0 aliphatic heterocycles. The van der Waals surface area contributed by atoms with E-state index in [9.17, 15) is 10.2 Å². The molecule has 2 N–H and O–H groups in total. The largest absolute Gasteiger partial charge is 0.389 e. The minimum Gasteiger partial charge on any atom is -0.389 e. The standard InChI is InChI=1S/C8H11BrO2S/c1-5-6(2-3-12-5)8(11)7(10)4-9/h2-3,7-8,10-11H,4H2,1H3. The van der Waals surface area contributed by atoms with Crippen molar-refractivity contribution in [2.45, 2.75) is 19.1 Å². The van der Waals surface area contributed by atoms with Crippen LogP contribution in [0.1, 0.15) is 16.5 Å². The molecule has 0 fully saturated rings. The van der Waals surface area contributed by atoms with Crippen molar-refractivity contribution in [3.05, 3.63) is 21.9 Å². The van der Waals surface area contributed by atoms with Crippen LogP contribution >= 0.6 is 27.3 Å². The molecule has 12 heavy (non-hydrogen) atoms. The predicted octanol–water partition coefficient (Wildman–Crippen LogP) is 1.85. The molecule has 1 aromatic heterocycles. The second kappa shape index (κ2) is 4.37. The molecule has 1 heterocycles. The van der Waals surface area contributed by atoms with E-state index in [4.69, 9.17) is 0 Å². The molecule has 1 aromatic rings. The molecular weight excluding hydrogens is 240 g/mol. The van der Waals surface area contributed by atoms with E-state index in [1.807, 2.05) is 18.4 Å². The highest BCUT2D eigenvalue weighted by atomic mass is 79.9. The Balaban J connectivity index is 2.77. The number of aryl methyl sites for hydroxylation is 1. The summed E-state index contributed by atoms with van der Waals surface area (Å²) in [6.07, 6.45) is -1.49. The quantitative estimate of drug-likeness (QED) is 0.805. The van der Waals surface area contributed by atoms with Gasteiger partial charge in [-0.15, -0.1) is 11.3 Å². The summed E-state index contributed by atoms with van der Waals surface area (Å²) in [4.78, 5) is 1.06. The molecule has 0 amide bonds. The van der Waals surface area contributed by atoms with Gasteiger partial charge in [-0.05, 0) is 23.9 Å². The minimum atomic E-state index is -0.768. The van der Waals surface area contributed by atoms with Crippen molar-refractivity contribution >= 4 is 27.3 Å². The Kier molecular flexibility index (Phi) is 3.71. The van der Waals surface area contributed by atoms with Gasteiger partial charge in [0.15, 0.2) is 0 Å². The summed E-state index contributed by atoms with van der Waals surface area (Å²) in [5.74, 6) is 0. The number of aliphatic hydroxyl groups excluding tert-OH is 2. The van der Waals surface area contributed by atoms with Crippen LogP contribution in [0.5, 0.6) is 0 Å². The van der Waals surface area contributed by atoms with E-state index in [-0.39, 0.29) is 0 Å². The van der Waals surface area contributed by atoms with Gasteiger partial charge < -0.3 is 10.2 Å². The monoisotopic (exact) mass is 250 g/mol. The Labute approximate surface area is 84.0 Å². The average molecular weight is 251 g/mol. The van der Waals surface area contributed by atoms with Gasteiger partial charge in [0.05, 0.1) is 6.10 Å². The molecule has 0 aliphatic rings. The fourth-order valence-electron chi connectivity index (χ4n) is 0.993. The van der Waals surface area contributed by atoms with Crippen LogP contribution in [0.25, 0.3) is 0 Å². The highest BCUT2D eigenvalue weighted by Gasteiger charge is 2.19. The first-order valence-electron chi connectivity index (χ1n) is 3.63. The van der Waals surface area contributed by atoms with Crippen LogP contribution in [0.15, 0.2) is 11.4 Å². The first-order valence-corrected chi connectivity index (χ1v) is 5.63. The number of halogens is 1. The number of hydrogen-bond acceptors (Lipinski definition) is 3. The van der Waals surface area contributed by atoms with E-state index in [1.165, 1.54) is 0 Å². The molecule has 0 saturated carbocycles. The van der Waals surface area contributed by atoms with Crippen molar-refractivity contribution in [1.82, 2.24) is 0 Å². The summed E-state index contributed by atoms with van der Waals surface area (Å²) >= 11 is 4.69. The molecule has 0 bridgehead atoms. The van der Waals surface area contributed by atoms with Gasteiger partial charge in [-0.1, -0.05) is 15.9 Å². The summed E-state index contributed by atoms with van der Waals surface area (Å²) in [6.45, 7) is 1.93. The lowest BCUT2D eigenvalue weighted by Crippen LogP contribution is -2.19. The fraction of sp³-hybridized carbons (Fsp3) is 0.500. The SMILES string of the molecule is Cc1sccc1C(O)C(O)CBr. The summed E-state index contributed by atoms with van der Waals surface area (Å²) in [5, 5.41) is 21.2. The summed E-state index contributed by atoms with van der Waals surface area (Å²) in [5.41, 5.74) is 0.826. The van der Waals surface area contributed by atoms with Crippen molar-refractivity contribution in [1.29, 1.82) is 0 Å². The van der Waals surface area contributed by atoms with Crippen LogP contribution in [0.4, 0.5) is 0 Å². The number of hydrogen-bond donors (Lipinski definition) is 2. The molecule has 0 radical (unpaired) electrons. The third-order valence-corrected chi connectivity index (χ3v) is 3.26. The molecule has 0 aromatic carbocycles. The third kappa shape index (κ3) is 2.07. The van der Waals surface area contributed by atoms with Crippen LogP contribution in [-0.4, -0.2) is 21.6 Å². The lowest BCUT2D eigenvalue weighted by atomic mass is 10.1. The first-order chi connectivity index (χ1) is 5.66. The van der Waals surface area contributed by atoms with E-state index in [0.29, 0.717) is 5.33 Å². The van der Waals surface area contributed by atoms with Gasteiger partial charge in [-0.25, -0.2) is 0 Å². The molecule has 68 valence electrons. The fourth-order valence-corrected chi connectivity index (χ4v) is 2.09. The summed E-state index contributed by atoms with van der Waals surface area (Å²) in [7, 11) is 0. The van der Waals surface area contributed by atoms with Crippen molar-refractivity contribution in [3.8, 4) is 0 Å². The molecule has 0 aliphatic carbocycles. The second-order valence-corrected chi connectivity index (χ2v) is 4.37. The Morgan fingerprint density at radius 2 is 2.25 bits per heavy atom. The number of alkyl halides is 1. The smallest absolute Gasteiger partial charge is 0.107 e. The maximum atomic E-state index is 9.59. The highest BCUT2D eigenvalue weighted by Crippen LogP contribution is 2.25. The molecule has 1 rings (SSSR count). The van der Waals surface area contributed by atoms with Crippen LogP contribution < -0.4 is 0 Å². The van der Waals surface area contributed by atoms with Gasteiger partial charge in [0.1, 0.15) is 6.10 Å². The Morgan fingerprint density at radius 1 is 1.58 bits per heavy atom. The average Bonchev–Trinajstić information content (AvgIpc) is 2.48. The molecule has 0 saturated heterocycles. The van der Waals surface area contributed by atoms with Gasteiger partial charge in [0, 0.05) is 10.2 Å². The first kappa shape index (κ1) is 10.2. The van der Waals surface area contributed by atoms with Crippen molar-refractivity contribution < 1.29 is 10.2 Å². The summed E-state index contributed by atoms with van der Waals surface area (Å²) in [6, 6.07) is 1.84. The van der Waals surface area contributed by atoms with Crippen LogP contribution in [-0.2, 0) is 0 Å². The van der Waals surface area contributed by atoms with Crippen LogP contribution in [0.3, 0.4) is 0 Å². The van der Waals surface area contributed by atoms with E-state index in [2.05, 4.69) is 15.9 Å². The predicted molar refractivity (Wildman–Crippen MR) is 53.8 cm³/mol. The highest BCUT2D eigenvalue weighted by molar-refractivity contribution is 9.09. The van der Waals surface area contributed by atoms with Gasteiger partial charge in [0.2, 0.25) is 0 Å². The maximum absolute atomic E-state index is 9.59. The maximum Gasteiger partial charge on any atom is 0.107 e. The van der Waals surface area contributed by atoms with Gasteiger partial charge >= 0.3 is 0 Å². The molecule has 2 atom stereocenters. The Bertz CT molecular complexity index is 249. The number of aliphatic hydroxyl groups is 2. The van der Waals surface area contributed by atoms with Crippen LogP contribution in [0.2, 0.25) is 0 Å². The molecule has 0 spiro atoms. The zero-order valence-electron chi connectivity index (χ0n) is 6.70. The van der Waals surface area contributed by atoms with Crippen molar-refractivity contribution in [3.63, 3.8) is 0 Å². The van der Waals surface area contributed by atoms with Gasteiger partial charge in [0.25, 0.3) is 0 Å². The van der Waals surface area contributed by atoms with E-state index >= 15 is 0 Å². The molecule has 4 heteroatoms. The lowest BCUT2D eigenvalue weighted by Gasteiger charge is -2.14. The molecular formula is C8H11BrO2S. The lowest BCUT2D eigenvalue weighted by molar-refractivity contribution is 0.0342. The van der Waals surface area contributed by atoms with Crippen molar-refractivity contribution in [2.75, 3.05) is 5.33 Å². The number of rotatable bonds is 3. The van der Waals surface area contributed by atoms with Crippen molar-refractivity contribution in [2.24, 2.45) is 0 Å². The Hall–Kier alpha value is 0.100. The minimum absolute atomic E-state index is 0.392. The van der Waals surface area contributed by atoms with E-state index < -0.39 is 12.2 Å². The summed E-state index contributed by atoms with van der Waals surface area (Å²) < 4.78 is 0. The van der Waals surface area contributed by atoms with Crippen LogP contribution in [0, 0.1) is 6.92 Å². The van der Waals surface area contributed by atoms with Gasteiger partial charge in [-0.3, -0.25) is 0 Å². The second-order valence-electron chi connectivity index (χ2n) is 2.60. The third-order valence-electron chi connectivity index (χ3n) is 1.74. The van der Waals surface area contributed by atoms with E-state index in [1.54, 1.807) is 11.3 Å². The zero-order valence-corrected chi connectivity index (χ0v) is 9.10.